The van der Waals surface area contributed by atoms with Gasteiger partial charge in [0.25, 0.3) is 0 Å². The van der Waals surface area contributed by atoms with E-state index >= 15 is 0 Å². The molecule has 144 valence electrons. The van der Waals surface area contributed by atoms with Gasteiger partial charge in [-0.05, 0) is 49.4 Å². The van der Waals surface area contributed by atoms with Gasteiger partial charge in [0.15, 0.2) is 5.16 Å². The fraction of sp³-hybridized carbons (Fsp3) is 0.318. The highest BCUT2D eigenvalue weighted by Crippen LogP contribution is 2.41. The van der Waals surface area contributed by atoms with E-state index in [4.69, 9.17) is 0 Å². The maximum Gasteiger partial charge on any atom is 0.242 e. The number of hydrogen-bond acceptors (Lipinski definition) is 4. The molecule has 5 nitrogen and oxygen atoms in total. The van der Waals surface area contributed by atoms with Crippen LogP contribution >= 0.6 is 11.8 Å². The highest BCUT2D eigenvalue weighted by atomic mass is 32.2. The second-order valence-electron chi connectivity index (χ2n) is 7.39. The molecule has 0 bridgehead atoms. The van der Waals surface area contributed by atoms with Gasteiger partial charge in [0.2, 0.25) is 5.91 Å². The van der Waals surface area contributed by atoms with Gasteiger partial charge < -0.3 is 9.88 Å². The molecule has 2 aromatic carbocycles. The van der Waals surface area contributed by atoms with Crippen molar-refractivity contribution < 1.29 is 4.79 Å². The minimum absolute atomic E-state index is 0.0547. The fourth-order valence-electron chi connectivity index (χ4n) is 3.20. The van der Waals surface area contributed by atoms with Crippen molar-refractivity contribution in [3.8, 4) is 0 Å². The lowest BCUT2D eigenvalue weighted by atomic mass is 10.1. The zero-order valence-corrected chi connectivity index (χ0v) is 17.2. The number of benzene rings is 2. The molecule has 0 aliphatic heterocycles. The van der Waals surface area contributed by atoms with E-state index < -0.39 is 5.25 Å². The Balaban J connectivity index is 1.62. The van der Waals surface area contributed by atoms with E-state index in [0.29, 0.717) is 5.92 Å². The summed E-state index contributed by atoms with van der Waals surface area (Å²) in [7, 11) is 1.99. The first-order valence-electron chi connectivity index (χ1n) is 9.52. The number of nitrogens with one attached hydrogen (secondary N) is 1. The molecule has 0 radical (unpaired) electrons. The number of hydrogen-bond donors (Lipinski definition) is 1. The molecular weight excluding hydrogens is 368 g/mol. The highest BCUT2D eigenvalue weighted by Gasteiger charge is 2.31. The molecule has 28 heavy (non-hydrogen) atoms. The average Bonchev–Trinajstić information content (AvgIpc) is 3.47. The first kappa shape index (κ1) is 18.7. The number of amides is 1. The van der Waals surface area contributed by atoms with Crippen LogP contribution in [-0.2, 0) is 11.8 Å². The van der Waals surface area contributed by atoms with Gasteiger partial charge in [-0.3, -0.25) is 4.79 Å². The van der Waals surface area contributed by atoms with Crippen molar-refractivity contribution in [2.45, 2.75) is 43.0 Å². The van der Waals surface area contributed by atoms with Crippen LogP contribution in [0.1, 0.15) is 46.5 Å². The summed E-state index contributed by atoms with van der Waals surface area (Å²) in [6, 6.07) is 15.9. The lowest BCUT2D eigenvalue weighted by Gasteiger charge is -2.18. The zero-order chi connectivity index (χ0) is 19.7. The van der Waals surface area contributed by atoms with E-state index in [1.54, 1.807) is 0 Å². The van der Waals surface area contributed by atoms with Gasteiger partial charge in [-0.1, -0.05) is 54.2 Å². The Morgan fingerprint density at radius 2 is 1.89 bits per heavy atom. The van der Waals surface area contributed by atoms with Crippen molar-refractivity contribution in [2.24, 2.45) is 7.05 Å². The molecule has 3 aromatic rings. The Bertz CT molecular complexity index is 995. The minimum Gasteiger partial charge on any atom is -0.325 e. The molecule has 1 amide bonds. The van der Waals surface area contributed by atoms with E-state index in [2.05, 4.69) is 15.5 Å². The van der Waals surface area contributed by atoms with Crippen molar-refractivity contribution >= 4 is 23.4 Å². The molecular formula is C22H24N4OS. The Labute approximate surface area is 169 Å². The molecule has 1 N–H and O–H groups in total. The largest absolute Gasteiger partial charge is 0.325 e. The molecule has 6 heteroatoms. The van der Waals surface area contributed by atoms with Crippen molar-refractivity contribution in [2.75, 3.05) is 5.32 Å². The van der Waals surface area contributed by atoms with E-state index in [-0.39, 0.29) is 5.91 Å². The van der Waals surface area contributed by atoms with Gasteiger partial charge in [-0.25, -0.2) is 0 Å². The predicted molar refractivity (Wildman–Crippen MR) is 113 cm³/mol. The predicted octanol–water partition coefficient (Wildman–Crippen LogP) is 4.78. The van der Waals surface area contributed by atoms with Gasteiger partial charge in [0.1, 0.15) is 11.1 Å². The Kier molecular flexibility index (Phi) is 5.22. The number of rotatable bonds is 6. The number of nitrogens with zero attached hydrogens (tertiary/aromatic N) is 3. The topological polar surface area (TPSA) is 59.8 Å². The molecule has 1 aliphatic rings. The first-order valence-corrected chi connectivity index (χ1v) is 10.4. The molecule has 0 unspecified atom stereocenters. The third-order valence-corrected chi connectivity index (χ3v) is 6.31. The van der Waals surface area contributed by atoms with Crippen molar-refractivity contribution in [3.63, 3.8) is 0 Å². The molecule has 0 spiro atoms. The number of aromatic nitrogens is 3. The molecule has 1 atom stereocenters. The SMILES string of the molecule is Cc1ccc(C)c(NC(=O)[C@H](Sc2nnc(C3CC3)n2C)c2ccccc2)c1. The minimum atomic E-state index is -0.406. The second-order valence-corrected chi connectivity index (χ2v) is 8.46. The van der Waals surface area contributed by atoms with Crippen LogP contribution in [0.4, 0.5) is 5.69 Å². The third-order valence-electron chi connectivity index (χ3n) is 5.03. The number of carbonyl (C=O) groups excluding carboxylic acids is 1. The summed E-state index contributed by atoms with van der Waals surface area (Å²) in [6.07, 6.45) is 2.34. The maximum atomic E-state index is 13.3. The summed E-state index contributed by atoms with van der Waals surface area (Å²) in [5.74, 6) is 1.48. The lowest BCUT2D eigenvalue weighted by molar-refractivity contribution is -0.115. The molecule has 1 saturated carbocycles. The van der Waals surface area contributed by atoms with E-state index in [1.807, 2.05) is 74.0 Å². The van der Waals surface area contributed by atoms with Crippen LogP contribution < -0.4 is 5.32 Å². The zero-order valence-electron chi connectivity index (χ0n) is 16.3. The molecule has 4 rings (SSSR count). The average molecular weight is 393 g/mol. The Morgan fingerprint density at radius 1 is 1.14 bits per heavy atom. The summed E-state index contributed by atoms with van der Waals surface area (Å²) in [4.78, 5) is 13.3. The van der Waals surface area contributed by atoms with Crippen LogP contribution in [0.15, 0.2) is 53.7 Å². The van der Waals surface area contributed by atoms with Crippen LogP contribution in [0.3, 0.4) is 0 Å². The number of thioether (sulfide) groups is 1. The fourth-order valence-corrected chi connectivity index (χ4v) is 4.21. The van der Waals surface area contributed by atoms with Gasteiger partial charge in [-0.2, -0.15) is 0 Å². The van der Waals surface area contributed by atoms with E-state index in [0.717, 1.165) is 33.4 Å². The van der Waals surface area contributed by atoms with Gasteiger partial charge in [0, 0.05) is 18.7 Å². The summed E-state index contributed by atoms with van der Waals surface area (Å²) >= 11 is 1.45. The highest BCUT2D eigenvalue weighted by molar-refractivity contribution is 8.00. The van der Waals surface area contributed by atoms with Crippen molar-refractivity contribution in [1.29, 1.82) is 0 Å². The van der Waals surface area contributed by atoms with Crippen LogP contribution in [0.2, 0.25) is 0 Å². The third kappa shape index (κ3) is 3.97. The molecule has 1 heterocycles. The number of anilines is 1. The summed E-state index contributed by atoms with van der Waals surface area (Å²) < 4.78 is 2.03. The van der Waals surface area contributed by atoms with Crippen molar-refractivity contribution in [1.82, 2.24) is 14.8 Å². The maximum absolute atomic E-state index is 13.3. The second kappa shape index (κ2) is 7.80. The summed E-state index contributed by atoms with van der Waals surface area (Å²) in [6.45, 7) is 4.03. The monoisotopic (exact) mass is 392 g/mol. The van der Waals surface area contributed by atoms with E-state index in [1.165, 1.54) is 24.6 Å². The standard InChI is InChI=1S/C22H24N4OS/c1-14-9-10-15(2)18(13-14)23-21(27)19(16-7-5-4-6-8-16)28-22-25-24-20(26(22)3)17-11-12-17/h4-10,13,17,19H,11-12H2,1-3H3,(H,23,27)/t19-/m1/s1. The van der Waals surface area contributed by atoms with Crippen molar-refractivity contribution in [3.05, 3.63) is 71.0 Å². The van der Waals surface area contributed by atoms with E-state index in [9.17, 15) is 4.79 Å². The lowest BCUT2D eigenvalue weighted by Crippen LogP contribution is -2.20. The van der Waals surface area contributed by atoms with Gasteiger partial charge >= 0.3 is 0 Å². The summed E-state index contributed by atoms with van der Waals surface area (Å²) in [5, 5.41) is 12.2. The quantitative estimate of drug-likeness (QED) is 0.613. The first-order chi connectivity index (χ1) is 13.5. The normalized spacial score (nSPS) is 14.7. The molecule has 1 aliphatic carbocycles. The van der Waals surface area contributed by atoms with Gasteiger partial charge in [-0.15, -0.1) is 10.2 Å². The van der Waals surface area contributed by atoms with Crippen LogP contribution in [-0.4, -0.2) is 20.7 Å². The number of carbonyl (C=O) groups is 1. The smallest absolute Gasteiger partial charge is 0.242 e. The Morgan fingerprint density at radius 3 is 2.61 bits per heavy atom. The number of aryl methyl sites for hydroxylation is 2. The Hall–Kier alpha value is -2.60. The van der Waals surface area contributed by atoms with Gasteiger partial charge in [0.05, 0.1) is 0 Å². The summed E-state index contributed by atoms with van der Waals surface area (Å²) in [5.41, 5.74) is 3.96. The van der Waals surface area contributed by atoms with Crippen LogP contribution in [0.25, 0.3) is 0 Å². The van der Waals surface area contributed by atoms with Crippen LogP contribution in [0.5, 0.6) is 0 Å². The molecule has 1 fully saturated rings. The van der Waals surface area contributed by atoms with Crippen LogP contribution in [0, 0.1) is 13.8 Å². The molecule has 0 saturated heterocycles. The molecule has 1 aromatic heterocycles.